The normalized spacial score (nSPS) is 16.7. The van der Waals surface area contributed by atoms with E-state index in [-0.39, 0.29) is 11.8 Å². The van der Waals surface area contributed by atoms with Gasteiger partial charge in [0.25, 0.3) is 5.91 Å². The monoisotopic (exact) mass is 401 g/mol. The highest BCUT2D eigenvalue weighted by molar-refractivity contribution is 5.96. The summed E-state index contributed by atoms with van der Waals surface area (Å²) in [5.74, 6) is 1.81. The first kappa shape index (κ1) is 18.9. The molecule has 1 N–H and O–H groups in total. The second kappa shape index (κ2) is 7.59. The molecule has 0 aliphatic carbocycles. The van der Waals surface area contributed by atoms with E-state index in [2.05, 4.69) is 76.4 Å². The molecule has 3 heterocycles. The third-order valence-corrected chi connectivity index (χ3v) is 6.08. The Kier molecular flexibility index (Phi) is 4.77. The summed E-state index contributed by atoms with van der Waals surface area (Å²) in [4.78, 5) is 26.7. The summed E-state index contributed by atoms with van der Waals surface area (Å²) < 4.78 is 0. The largest absolute Gasteiger partial charge is 0.367 e. The first-order valence-electron chi connectivity index (χ1n) is 10.8. The standard InChI is InChI=1S/C24H27N5O/c1-16(2)22-26-21-19(10-11-25-24(21)30)23(27-22)29-14-12-28(13-15-29)20-9-5-7-17-6-3-4-8-18(17)20/h3-9,16H,10-15H2,1-2H3,(H,25,30). The van der Waals surface area contributed by atoms with Crippen molar-refractivity contribution in [1.82, 2.24) is 15.3 Å². The van der Waals surface area contributed by atoms with Crippen LogP contribution in [0.2, 0.25) is 0 Å². The quantitative estimate of drug-likeness (QED) is 0.729. The second-order valence-electron chi connectivity index (χ2n) is 8.37. The minimum absolute atomic E-state index is 0.0730. The van der Waals surface area contributed by atoms with Gasteiger partial charge in [0, 0.05) is 55.3 Å². The van der Waals surface area contributed by atoms with Gasteiger partial charge in [-0.05, 0) is 17.9 Å². The maximum Gasteiger partial charge on any atom is 0.270 e. The van der Waals surface area contributed by atoms with Crippen LogP contribution in [0.15, 0.2) is 42.5 Å². The molecule has 2 aliphatic rings. The minimum atomic E-state index is -0.0730. The van der Waals surface area contributed by atoms with Crippen LogP contribution in [0.3, 0.4) is 0 Å². The fourth-order valence-corrected chi connectivity index (χ4v) is 4.45. The number of carbonyl (C=O) groups is 1. The van der Waals surface area contributed by atoms with Crippen LogP contribution < -0.4 is 15.1 Å². The molecule has 0 spiro atoms. The summed E-state index contributed by atoms with van der Waals surface area (Å²) in [5, 5.41) is 5.49. The van der Waals surface area contributed by atoms with Gasteiger partial charge in [0.2, 0.25) is 0 Å². The first-order valence-corrected chi connectivity index (χ1v) is 10.8. The molecule has 2 aliphatic heterocycles. The number of fused-ring (bicyclic) bond motifs is 2. The van der Waals surface area contributed by atoms with E-state index < -0.39 is 0 Å². The summed E-state index contributed by atoms with van der Waals surface area (Å²) in [7, 11) is 0. The number of anilines is 2. The Labute approximate surface area is 176 Å². The Morgan fingerprint density at radius 1 is 0.933 bits per heavy atom. The van der Waals surface area contributed by atoms with Crippen molar-refractivity contribution in [2.24, 2.45) is 0 Å². The van der Waals surface area contributed by atoms with Crippen LogP contribution in [0.1, 0.15) is 41.6 Å². The Bertz CT molecular complexity index is 1100. The lowest BCUT2D eigenvalue weighted by atomic mass is 10.0. The molecule has 6 nitrogen and oxygen atoms in total. The van der Waals surface area contributed by atoms with E-state index in [1.165, 1.54) is 16.5 Å². The molecular weight excluding hydrogens is 374 g/mol. The molecule has 0 radical (unpaired) electrons. The molecule has 5 rings (SSSR count). The third kappa shape index (κ3) is 3.26. The number of amides is 1. The van der Waals surface area contributed by atoms with Crippen LogP contribution in [0.5, 0.6) is 0 Å². The fourth-order valence-electron chi connectivity index (χ4n) is 4.45. The van der Waals surface area contributed by atoms with Gasteiger partial charge in [-0.2, -0.15) is 0 Å². The lowest BCUT2D eigenvalue weighted by molar-refractivity contribution is 0.0940. The summed E-state index contributed by atoms with van der Waals surface area (Å²) in [6.45, 7) is 8.41. The van der Waals surface area contributed by atoms with E-state index in [0.717, 1.165) is 49.8 Å². The lowest BCUT2D eigenvalue weighted by Crippen LogP contribution is -2.48. The van der Waals surface area contributed by atoms with Gasteiger partial charge in [-0.15, -0.1) is 0 Å². The van der Waals surface area contributed by atoms with Crippen LogP contribution in [-0.2, 0) is 6.42 Å². The van der Waals surface area contributed by atoms with Crippen LogP contribution in [0.4, 0.5) is 11.5 Å². The van der Waals surface area contributed by atoms with Crippen molar-refractivity contribution in [2.75, 3.05) is 42.5 Å². The highest BCUT2D eigenvalue weighted by Gasteiger charge is 2.28. The van der Waals surface area contributed by atoms with Gasteiger partial charge >= 0.3 is 0 Å². The molecule has 30 heavy (non-hydrogen) atoms. The van der Waals surface area contributed by atoms with Crippen molar-refractivity contribution >= 4 is 28.2 Å². The molecule has 0 saturated carbocycles. The van der Waals surface area contributed by atoms with Gasteiger partial charge in [-0.1, -0.05) is 50.2 Å². The molecule has 3 aromatic rings. The first-order chi connectivity index (χ1) is 14.6. The van der Waals surface area contributed by atoms with Crippen molar-refractivity contribution in [3.8, 4) is 0 Å². The second-order valence-corrected chi connectivity index (χ2v) is 8.37. The Hall–Kier alpha value is -3.15. The molecule has 0 bridgehead atoms. The van der Waals surface area contributed by atoms with Crippen molar-refractivity contribution in [2.45, 2.75) is 26.2 Å². The molecule has 1 amide bonds. The maximum absolute atomic E-state index is 12.4. The number of piperazine rings is 1. The molecule has 1 fully saturated rings. The zero-order chi connectivity index (χ0) is 20.7. The third-order valence-electron chi connectivity index (χ3n) is 6.08. The summed E-state index contributed by atoms with van der Waals surface area (Å²) in [6.07, 6.45) is 0.790. The number of hydrogen-bond acceptors (Lipinski definition) is 5. The molecule has 154 valence electrons. The van der Waals surface area contributed by atoms with Crippen LogP contribution in [0.25, 0.3) is 10.8 Å². The molecule has 0 atom stereocenters. The number of hydrogen-bond donors (Lipinski definition) is 1. The van der Waals surface area contributed by atoms with E-state index in [0.29, 0.717) is 12.2 Å². The van der Waals surface area contributed by atoms with Crippen molar-refractivity contribution in [1.29, 1.82) is 0 Å². The predicted octanol–water partition coefficient (Wildman–Crippen LogP) is 3.37. The SMILES string of the molecule is CC(C)c1nc2c(c(N3CCN(c4cccc5ccccc45)CC3)n1)CCNC2=O. The van der Waals surface area contributed by atoms with E-state index in [9.17, 15) is 4.79 Å². The molecule has 2 aromatic carbocycles. The summed E-state index contributed by atoms with van der Waals surface area (Å²) >= 11 is 0. The number of carbonyl (C=O) groups excluding carboxylic acids is 1. The van der Waals surface area contributed by atoms with Crippen molar-refractivity contribution < 1.29 is 4.79 Å². The Balaban J connectivity index is 1.44. The topological polar surface area (TPSA) is 61.4 Å². The van der Waals surface area contributed by atoms with E-state index in [1.807, 2.05) is 0 Å². The van der Waals surface area contributed by atoms with Gasteiger partial charge in [-0.3, -0.25) is 4.79 Å². The minimum Gasteiger partial charge on any atom is -0.367 e. The smallest absolute Gasteiger partial charge is 0.270 e. The number of aromatic nitrogens is 2. The Morgan fingerprint density at radius 3 is 2.47 bits per heavy atom. The summed E-state index contributed by atoms with van der Waals surface area (Å²) in [6, 6.07) is 15.1. The number of rotatable bonds is 3. The zero-order valence-corrected chi connectivity index (χ0v) is 17.6. The van der Waals surface area contributed by atoms with E-state index in [4.69, 9.17) is 4.98 Å². The summed E-state index contributed by atoms with van der Waals surface area (Å²) in [5.41, 5.74) is 2.85. The van der Waals surface area contributed by atoms with Crippen molar-refractivity contribution in [3.05, 3.63) is 59.5 Å². The average Bonchev–Trinajstić information content (AvgIpc) is 2.78. The van der Waals surface area contributed by atoms with Crippen molar-refractivity contribution in [3.63, 3.8) is 0 Å². The highest BCUT2D eigenvalue weighted by Crippen LogP contribution is 2.30. The zero-order valence-electron chi connectivity index (χ0n) is 17.6. The van der Waals surface area contributed by atoms with E-state index >= 15 is 0 Å². The molecule has 6 heteroatoms. The predicted molar refractivity (Wildman–Crippen MR) is 121 cm³/mol. The number of nitrogens with zero attached hydrogens (tertiary/aromatic N) is 4. The number of benzene rings is 2. The van der Waals surface area contributed by atoms with Gasteiger partial charge in [0.1, 0.15) is 17.3 Å². The fraction of sp³-hybridized carbons (Fsp3) is 0.375. The van der Waals surface area contributed by atoms with Crippen LogP contribution >= 0.6 is 0 Å². The lowest BCUT2D eigenvalue weighted by Gasteiger charge is -2.38. The van der Waals surface area contributed by atoms with Crippen LogP contribution in [0, 0.1) is 0 Å². The van der Waals surface area contributed by atoms with Gasteiger partial charge in [0.05, 0.1) is 0 Å². The van der Waals surface area contributed by atoms with Gasteiger partial charge < -0.3 is 15.1 Å². The number of nitrogens with one attached hydrogen (secondary N) is 1. The highest BCUT2D eigenvalue weighted by atomic mass is 16.1. The van der Waals surface area contributed by atoms with Crippen LogP contribution in [-0.4, -0.2) is 48.6 Å². The molecule has 0 unspecified atom stereocenters. The van der Waals surface area contributed by atoms with Gasteiger partial charge in [-0.25, -0.2) is 9.97 Å². The molecular formula is C24H27N5O. The molecule has 1 saturated heterocycles. The maximum atomic E-state index is 12.4. The Morgan fingerprint density at radius 2 is 1.67 bits per heavy atom. The molecule has 1 aromatic heterocycles. The van der Waals surface area contributed by atoms with E-state index in [1.54, 1.807) is 0 Å². The van der Waals surface area contributed by atoms with Gasteiger partial charge in [0.15, 0.2) is 0 Å². The average molecular weight is 402 g/mol.